The Kier molecular flexibility index (Phi) is 7.74. The van der Waals surface area contributed by atoms with Gasteiger partial charge in [0.15, 0.2) is 5.76 Å². The van der Waals surface area contributed by atoms with Gasteiger partial charge in [-0.1, -0.05) is 36.4 Å². The second-order valence-corrected chi connectivity index (χ2v) is 6.25. The summed E-state index contributed by atoms with van der Waals surface area (Å²) in [6.45, 7) is 3.27. The number of aromatic nitrogens is 1. The maximum Gasteiger partial charge on any atom is 0.343 e. The van der Waals surface area contributed by atoms with Crippen LogP contribution in [0.4, 0.5) is 0 Å². The Morgan fingerprint density at radius 3 is 2.27 bits per heavy atom. The van der Waals surface area contributed by atoms with E-state index in [4.69, 9.17) is 18.7 Å². The first-order valence-electron chi connectivity index (χ1n) is 9.18. The SMILES string of the molecule is CCOc1noc(CC(NC(C)=O)(C(=O)OC)C(=O)OC)c1/C=C/c1ccccc1. The predicted molar refractivity (Wildman–Crippen MR) is 107 cm³/mol. The molecule has 0 aliphatic rings. The second-order valence-electron chi connectivity index (χ2n) is 6.25. The van der Waals surface area contributed by atoms with Crippen LogP contribution in [0.2, 0.25) is 0 Å². The summed E-state index contributed by atoms with van der Waals surface area (Å²) in [5.74, 6) is -2.31. The van der Waals surface area contributed by atoms with Crippen molar-refractivity contribution in [3.63, 3.8) is 0 Å². The number of carbonyl (C=O) groups is 3. The summed E-state index contributed by atoms with van der Waals surface area (Å²) < 4.78 is 20.4. The number of nitrogens with one attached hydrogen (secondary N) is 1. The van der Waals surface area contributed by atoms with Crippen molar-refractivity contribution in [2.45, 2.75) is 25.8 Å². The maximum atomic E-state index is 12.5. The Morgan fingerprint density at radius 2 is 1.73 bits per heavy atom. The number of benzene rings is 1. The number of hydrogen-bond acceptors (Lipinski definition) is 8. The Balaban J connectivity index is 2.54. The van der Waals surface area contributed by atoms with Gasteiger partial charge in [-0.25, -0.2) is 9.59 Å². The van der Waals surface area contributed by atoms with Gasteiger partial charge in [0.1, 0.15) is 0 Å². The van der Waals surface area contributed by atoms with E-state index in [1.54, 1.807) is 19.1 Å². The van der Waals surface area contributed by atoms with Crippen LogP contribution in [0.1, 0.15) is 30.7 Å². The fraction of sp³-hybridized carbons (Fsp3) is 0.333. The molecular formula is C21H24N2O7. The van der Waals surface area contributed by atoms with Crippen molar-refractivity contribution >= 4 is 30.0 Å². The monoisotopic (exact) mass is 416 g/mol. The van der Waals surface area contributed by atoms with Crippen LogP contribution in [0.5, 0.6) is 5.88 Å². The quantitative estimate of drug-likeness (QED) is 0.487. The standard InChI is InChI=1S/C21H24N2O7/c1-5-29-18-16(12-11-15-9-7-6-8-10-15)17(30-23-18)13-21(19(25)27-3,20(26)28-4)22-14(2)24/h6-12H,5,13H2,1-4H3,(H,22,24)/b12-11+. The summed E-state index contributed by atoms with van der Waals surface area (Å²) in [6.07, 6.45) is 3.11. The van der Waals surface area contributed by atoms with Crippen LogP contribution in [0, 0.1) is 0 Å². The van der Waals surface area contributed by atoms with Crippen LogP contribution in [0.3, 0.4) is 0 Å². The fourth-order valence-corrected chi connectivity index (χ4v) is 2.85. The lowest BCUT2D eigenvalue weighted by Gasteiger charge is -2.27. The molecule has 1 aromatic heterocycles. The molecule has 1 N–H and O–H groups in total. The highest BCUT2D eigenvalue weighted by molar-refractivity contribution is 6.08. The van der Waals surface area contributed by atoms with E-state index in [1.165, 1.54) is 6.92 Å². The van der Waals surface area contributed by atoms with E-state index in [1.807, 2.05) is 30.3 Å². The van der Waals surface area contributed by atoms with E-state index in [9.17, 15) is 14.4 Å². The Morgan fingerprint density at radius 1 is 1.10 bits per heavy atom. The van der Waals surface area contributed by atoms with Crippen LogP contribution in [-0.2, 0) is 30.3 Å². The molecule has 0 bridgehead atoms. The molecule has 2 rings (SSSR count). The van der Waals surface area contributed by atoms with Gasteiger partial charge < -0.3 is 24.1 Å². The van der Waals surface area contributed by atoms with Gasteiger partial charge in [-0.15, -0.1) is 0 Å². The molecule has 160 valence electrons. The largest absolute Gasteiger partial charge is 0.475 e. The van der Waals surface area contributed by atoms with Crippen molar-refractivity contribution < 1.29 is 33.1 Å². The lowest BCUT2D eigenvalue weighted by Crippen LogP contribution is -2.62. The number of nitrogens with zero attached hydrogens (tertiary/aromatic N) is 1. The minimum atomic E-state index is -2.15. The van der Waals surface area contributed by atoms with E-state index >= 15 is 0 Å². The van der Waals surface area contributed by atoms with Crippen molar-refractivity contribution in [3.8, 4) is 5.88 Å². The third kappa shape index (κ3) is 5.05. The van der Waals surface area contributed by atoms with Gasteiger partial charge >= 0.3 is 11.9 Å². The number of rotatable bonds is 9. The van der Waals surface area contributed by atoms with Gasteiger partial charge in [0, 0.05) is 6.92 Å². The molecule has 0 unspecified atom stereocenters. The number of hydrogen-bond donors (Lipinski definition) is 1. The van der Waals surface area contributed by atoms with Crippen molar-refractivity contribution in [1.29, 1.82) is 0 Å². The summed E-state index contributed by atoms with van der Waals surface area (Å²) in [6, 6.07) is 9.45. The van der Waals surface area contributed by atoms with Gasteiger partial charge in [0.05, 0.1) is 32.8 Å². The first kappa shape index (κ1) is 22.7. The summed E-state index contributed by atoms with van der Waals surface area (Å²) in [5, 5.41) is 6.23. The molecule has 0 aliphatic carbocycles. The van der Waals surface area contributed by atoms with Gasteiger partial charge in [0.25, 0.3) is 5.88 Å². The average molecular weight is 416 g/mol. The van der Waals surface area contributed by atoms with Gasteiger partial charge in [-0.2, -0.15) is 0 Å². The molecule has 0 spiro atoms. The third-order valence-corrected chi connectivity index (χ3v) is 4.18. The zero-order valence-electron chi connectivity index (χ0n) is 17.3. The van der Waals surface area contributed by atoms with Crippen LogP contribution in [0.25, 0.3) is 12.2 Å². The number of amides is 1. The molecule has 0 fully saturated rings. The molecule has 9 nitrogen and oxygen atoms in total. The number of methoxy groups -OCH3 is 2. The summed E-state index contributed by atoms with van der Waals surface area (Å²) >= 11 is 0. The molecule has 9 heteroatoms. The molecule has 0 atom stereocenters. The molecule has 30 heavy (non-hydrogen) atoms. The highest BCUT2D eigenvalue weighted by Gasteiger charge is 2.51. The summed E-state index contributed by atoms with van der Waals surface area (Å²) in [4.78, 5) is 36.9. The average Bonchev–Trinajstić information content (AvgIpc) is 3.12. The molecular weight excluding hydrogens is 392 g/mol. The highest BCUT2D eigenvalue weighted by Crippen LogP contribution is 2.29. The minimum Gasteiger partial charge on any atom is -0.475 e. The summed E-state index contributed by atoms with van der Waals surface area (Å²) in [7, 11) is 2.20. The molecule has 2 aromatic rings. The van der Waals surface area contributed by atoms with Crippen molar-refractivity contribution in [3.05, 3.63) is 47.2 Å². The minimum absolute atomic E-state index is 0.134. The Labute approximate surface area is 174 Å². The van der Waals surface area contributed by atoms with E-state index in [0.717, 1.165) is 19.8 Å². The van der Waals surface area contributed by atoms with Gasteiger partial charge in [-0.05, 0) is 23.7 Å². The lowest BCUT2D eigenvalue weighted by atomic mass is 9.91. The molecule has 1 aromatic carbocycles. The highest BCUT2D eigenvalue weighted by atomic mass is 16.6. The zero-order chi connectivity index (χ0) is 22.1. The smallest absolute Gasteiger partial charge is 0.343 e. The number of carbonyl (C=O) groups excluding carboxylic acids is 3. The summed E-state index contributed by atoms with van der Waals surface area (Å²) in [5.41, 5.74) is -0.822. The van der Waals surface area contributed by atoms with E-state index in [-0.39, 0.29) is 18.1 Å². The van der Waals surface area contributed by atoms with Gasteiger partial charge in [0.2, 0.25) is 11.4 Å². The van der Waals surface area contributed by atoms with E-state index < -0.39 is 23.4 Å². The van der Waals surface area contributed by atoms with E-state index in [2.05, 4.69) is 10.5 Å². The first-order valence-corrected chi connectivity index (χ1v) is 9.18. The van der Waals surface area contributed by atoms with Crippen molar-refractivity contribution in [1.82, 2.24) is 10.5 Å². The van der Waals surface area contributed by atoms with Crippen LogP contribution in [-0.4, -0.2) is 49.4 Å². The Hall–Kier alpha value is -3.62. The molecule has 0 radical (unpaired) electrons. The maximum absolute atomic E-state index is 12.5. The predicted octanol–water partition coefficient (Wildman–Crippen LogP) is 2.01. The van der Waals surface area contributed by atoms with Crippen LogP contribution < -0.4 is 10.1 Å². The zero-order valence-corrected chi connectivity index (χ0v) is 17.3. The van der Waals surface area contributed by atoms with Crippen molar-refractivity contribution in [2.24, 2.45) is 0 Å². The first-order chi connectivity index (χ1) is 14.4. The second kappa shape index (κ2) is 10.2. The number of esters is 2. The third-order valence-electron chi connectivity index (χ3n) is 4.18. The Bertz CT molecular complexity index is 903. The molecule has 1 heterocycles. The normalized spacial score (nSPS) is 11.2. The lowest BCUT2D eigenvalue weighted by molar-refractivity contribution is -0.165. The fourth-order valence-electron chi connectivity index (χ4n) is 2.85. The molecule has 0 aliphatic heterocycles. The number of ether oxygens (including phenoxy) is 3. The van der Waals surface area contributed by atoms with Gasteiger partial charge in [-0.3, -0.25) is 4.79 Å². The topological polar surface area (TPSA) is 117 Å². The molecule has 1 amide bonds. The van der Waals surface area contributed by atoms with Crippen molar-refractivity contribution in [2.75, 3.05) is 20.8 Å². The molecule has 0 saturated carbocycles. The molecule has 0 saturated heterocycles. The van der Waals surface area contributed by atoms with E-state index in [0.29, 0.717) is 12.2 Å². The van der Waals surface area contributed by atoms with Crippen LogP contribution in [0.15, 0.2) is 34.9 Å². The van der Waals surface area contributed by atoms with Crippen LogP contribution >= 0.6 is 0 Å².